The Morgan fingerprint density at radius 1 is 1.44 bits per heavy atom. The van der Waals surface area contributed by atoms with Gasteiger partial charge in [-0.25, -0.2) is 9.78 Å². The minimum atomic E-state index is -0.923. The Morgan fingerprint density at radius 3 is 2.94 bits per heavy atom. The van der Waals surface area contributed by atoms with Gasteiger partial charge in [0.2, 0.25) is 0 Å². The van der Waals surface area contributed by atoms with Gasteiger partial charge in [-0.15, -0.1) is 0 Å². The van der Waals surface area contributed by atoms with Crippen molar-refractivity contribution in [2.45, 2.75) is 26.3 Å². The molecule has 0 amide bonds. The lowest BCUT2D eigenvalue weighted by molar-refractivity contribution is -0.131. The largest absolute Gasteiger partial charge is 0.478 e. The molecule has 4 nitrogen and oxygen atoms in total. The predicted octanol–water partition coefficient (Wildman–Crippen LogP) is 2.63. The average Bonchev–Trinajstić information content (AvgIpc) is 2.68. The molecule has 0 unspecified atom stereocenters. The van der Waals surface area contributed by atoms with E-state index >= 15 is 0 Å². The molecule has 0 bridgehead atoms. The summed E-state index contributed by atoms with van der Waals surface area (Å²) in [6, 6.07) is 7.98. The molecule has 1 N–H and O–H groups in total. The molecule has 0 atom stereocenters. The van der Waals surface area contributed by atoms with E-state index in [9.17, 15) is 4.79 Å². The van der Waals surface area contributed by atoms with Gasteiger partial charge in [0.05, 0.1) is 11.0 Å². The third-order valence-electron chi connectivity index (χ3n) is 2.74. The van der Waals surface area contributed by atoms with Crippen molar-refractivity contribution in [1.82, 2.24) is 9.55 Å². The Kier molecular flexibility index (Phi) is 3.77. The lowest BCUT2D eigenvalue weighted by Crippen LogP contribution is -2.02. The molecule has 2 rings (SSSR count). The number of carboxylic acids is 1. The summed E-state index contributed by atoms with van der Waals surface area (Å²) >= 11 is 0. The zero-order chi connectivity index (χ0) is 13.0. The predicted molar refractivity (Wildman–Crippen MR) is 70.5 cm³/mol. The first kappa shape index (κ1) is 12.4. The third-order valence-corrected chi connectivity index (χ3v) is 2.74. The maximum atomic E-state index is 10.5. The number of carbonyl (C=O) groups is 1. The number of aryl methyl sites for hydroxylation is 1. The number of fused-ring (bicyclic) bond motifs is 1. The first-order valence-electron chi connectivity index (χ1n) is 6.06. The van der Waals surface area contributed by atoms with E-state index in [1.807, 2.05) is 24.3 Å². The van der Waals surface area contributed by atoms with Crippen molar-refractivity contribution in [3.8, 4) is 0 Å². The number of imidazole rings is 1. The van der Waals surface area contributed by atoms with Crippen LogP contribution in [0.5, 0.6) is 0 Å². The fraction of sp³-hybridized carbons (Fsp3) is 0.286. The molecule has 0 spiro atoms. The summed E-state index contributed by atoms with van der Waals surface area (Å²) in [7, 11) is 0. The van der Waals surface area contributed by atoms with Gasteiger partial charge in [-0.1, -0.05) is 25.1 Å². The number of nitrogens with zero attached hydrogens (tertiary/aromatic N) is 2. The lowest BCUT2D eigenvalue weighted by atomic mass is 10.3. The van der Waals surface area contributed by atoms with Gasteiger partial charge in [-0.2, -0.15) is 0 Å². The van der Waals surface area contributed by atoms with Crippen molar-refractivity contribution < 1.29 is 9.90 Å². The SMILES string of the molecule is CCCn1c(CC=CC(=O)O)nc2ccccc21. The highest BCUT2D eigenvalue weighted by Crippen LogP contribution is 2.17. The Balaban J connectivity index is 2.36. The molecule has 0 radical (unpaired) electrons. The number of benzene rings is 1. The van der Waals surface area contributed by atoms with Crippen LogP contribution in [0.3, 0.4) is 0 Å². The molecule has 2 aromatic rings. The first-order chi connectivity index (χ1) is 8.72. The molecule has 4 heteroatoms. The smallest absolute Gasteiger partial charge is 0.327 e. The van der Waals surface area contributed by atoms with Crippen LogP contribution in [0.2, 0.25) is 0 Å². The second kappa shape index (κ2) is 5.49. The molecule has 0 saturated heterocycles. The summed E-state index contributed by atoms with van der Waals surface area (Å²) in [4.78, 5) is 15.0. The van der Waals surface area contributed by atoms with Crippen LogP contribution in [-0.2, 0) is 17.8 Å². The highest BCUT2D eigenvalue weighted by Gasteiger charge is 2.07. The van der Waals surface area contributed by atoms with Crippen molar-refractivity contribution >= 4 is 17.0 Å². The van der Waals surface area contributed by atoms with Crippen LogP contribution in [0, 0.1) is 0 Å². The number of para-hydroxylation sites is 2. The normalized spacial score (nSPS) is 11.4. The highest BCUT2D eigenvalue weighted by atomic mass is 16.4. The standard InChI is InChI=1S/C14H16N2O2/c1-2-10-16-12-7-4-3-6-11(12)15-13(16)8-5-9-14(17)18/h3-7,9H,2,8,10H2,1H3,(H,17,18). The maximum absolute atomic E-state index is 10.5. The van der Waals surface area contributed by atoms with Gasteiger partial charge in [0.15, 0.2) is 0 Å². The van der Waals surface area contributed by atoms with E-state index in [1.165, 1.54) is 0 Å². The Bertz CT molecular complexity index is 584. The topological polar surface area (TPSA) is 55.1 Å². The van der Waals surface area contributed by atoms with Crippen molar-refractivity contribution in [2.75, 3.05) is 0 Å². The molecular weight excluding hydrogens is 228 g/mol. The fourth-order valence-corrected chi connectivity index (χ4v) is 2.02. The van der Waals surface area contributed by atoms with Crippen LogP contribution in [-0.4, -0.2) is 20.6 Å². The van der Waals surface area contributed by atoms with Gasteiger partial charge >= 0.3 is 5.97 Å². The summed E-state index contributed by atoms with van der Waals surface area (Å²) in [5.41, 5.74) is 2.07. The van der Waals surface area contributed by atoms with Gasteiger partial charge in [-0.05, 0) is 18.6 Å². The molecule has 0 aliphatic heterocycles. The van der Waals surface area contributed by atoms with E-state index in [0.29, 0.717) is 6.42 Å². The second-order valence-corrected chi connectivity index (χ2v) is 4.11. The molecule has 1 aromatic heterocycles. The molecule has 94 valence electrons. The van der Waals surface area contributed by atoms with Gasteiger partial charge in [-0.3, -0.25) is 0 Å². The van der Waals surface area contributed by atoms with Crippen molar-refractivity contribution in [2.24, 2.45) is 0 Å². The molecule has 0 aliphatic carbocycles. The number of allylic oxidation sites excluding steroid dienone is 1. The van der Waals surface area contributed by atoms with E-state index in [2.05, 4.69) is 16.5 Å². The number of rotatable bonds is 5. The monoisotopic (exact) mass is 244 g/mol. The minimum absolute atomic E-state index is 0.543. The van der Waals surface area contributed by atoms with E-state index < -0.39 is 5.97 Å². The van der Waals surface area contributed by atoms with Crippen molar-refractivity contribution in [1.29, 1.82) is 0 Å². The van der Waals surface area contributed by atoms with E-state index in [-0.39, 0.29) is 0 Å². The number of hydrogen-bond donors (Lipinski definition) is 1. The van der Waals surface area contributed by atoms with Gasteiger partial charge in [0.1, 0.15) is 5.82 Å². The molecule has 1 heterocycles. The summed E-state index contributed by atoms with van der Waals surface area (Å²) in [5.74, 6) is -0.0105. The van der Waals surface area contributed by atoms with Crippen LogP contribution < -0.4 is 0 Å². The second-order valence-electron chi connectivity index (χ2n) is 4.11. The van der Waals surface area contributed by atoms with Crippen LogP contribution in [0.4, 0.5) is 0 Å². The Morgan fingerprint density at radius 2 is 2.22 bits per heavy atom. The number of hydrogen-bond acceptors (Lipinski definition) is 2. The van der Waals surface area contributed by atoms with Crippen LogP contribution in [0.25, 0.3) is 11.0 Å². The number of carboxylic acid groups (broad SMARTS) is 1. The molecule has 0 fully saturated rings. The van der Waals surface area contributed by atoms with E-state index in [4.69, 9.17) is 5.11 Å². The molecule has 0 aliphatic rings. The molecule has 18 heavy (non-hydrogen) atoms. The zero-order valence-electron chi connectivity index (χ0n) is 10.3. The van der Waals surface area contributed by atoms with Gasteiger partial charge in [0.25, 0.3) is 0 Å². The summed E-state index contributed by atoms with van der Waals surface area (Å²) < 4.78 is 2.15. The minimum Gasteiger partial charge on any atom is -0.478 e. The summed E-state index contributed by atoms with van der Waals surface area (Å²) in [5, 5.41) is 8.59. The Hall–Kier alpha value is -2.10. The Labute approximate surface area is 106 Å². The molecular formula is C14H16N2O2. The molecule has 0 saturated carbocycles. The summed E-state index contributed by atoms with van der Waals surface area (Å²) in [6.45, 7) is 3.02. The van der Waals surface area contributed by atoms with Crippen molar-refractivity contribution in [3.63, 3.8) is 0 Å². The first-order valence-corrected chi connectivity index (χ1v) is 6.06. The highest BCUT2D eigenvalue weighted by molar-refractivity contribution is 5.80. The average molecular weight is 244 g/mol. The number of aliphatic carboxylic acids is 1. The zero-order valence-corrected chi connectivity index (χ0v) is 10.3. The number of aromatic nitrogens is 2. The van der Waals surface area contributed by atoms with Gasteiger partial charge in [0, 0.05) is 19.0 Å². The maximum Gasteiger partial charge on any atom is 0.327 e. The quantitative estimate of drug-likeness (QED) is 0.822. The van der Waals surface area contributed by atoms with Gasteiger partial charge < -0.3 is 9.67 Å². The fourth-order valence-electron chi connectivity index (χ4n) is 2.02. The van der Waals surface area contributed by atoms with Crippen LogP contribution in [0.1, 0.15) is 19.2 Å². The van der Waals surface area contributed by atoms with Crippen LogP contribution in [0.15, 0.2) is 36.4 Å². The lowest BCUT2D eigenvalue weighted by Gasteiger charge is -2.05. The molecule has 1 aromatic carbocycles. The van der Waals surface area contributed by atoms with Crippen LogP contribution >= 0.6 is 0 Å². The van der Waals surface area contributed by atoms with Crippen molar-refractivity contribution in [3.05, 3.63) is 42.2 Å². The third kappa shape index (κ3) is 2.59. The summed E-state index contributed by atoms with van der Waals surface area (Å²) in [6.07, 6.45) is 4.36. The van der Waals surface area contributed by atoms with E-state index in [0.717, 1.165) is 35.9 Å². The van der Waals surface area contributed by atoms with E-state index in [1.54, 1.807) is 6.08 Å².